The SMILES string of the molecule is COCCOCCOCCN1CCNC(=O)c2cccc(c2)C(=O)NCCN(CCN2CCNC(=O)c3cccc(c3O)C(=O)NCCN(CCOCCOCCOC)CCNC(=O)c3cccc(c3O)C(=O)NCC2)CCNC(=O)c2cccc(c2O)C(=O)NCC1. The maximum absolute atomic E-state index is 13.7. The van der Waals surface area contributed by atoms with Crippen LogP contribution in [0.4, 0.5) is 0 Å². The number of para-hydroxylation sites is 3. The molecule has 6 rings (SSSR count). The molecule has 2 heterocycles. The molecule has 29 nitrogen and oxygen atoms in total. The molecule has 93 heavy (non-hydrogen) atoms. The fourth-order valence-electron chi connectivity index (χ4n) is 9.87. The van der Waals surface area contributed by atoms with E-state index < -0.39 is 64.5 Å². The highest BCUT2D eigenvalue weighted by atomic mass is 16.5. The minimum atomic E-state index is -0.663. The van der Waals surface area contributed by atoms with Crippen molar-refractivity contribution in [3.8, 4) is 17.2 Å². The molecular formula is C64H90N12O17. The van der Waals surface area contributed by atoms with E-state index in [9.17, 15) is 53.7 Å². The molecule has 11 N–H and O–H groups in total. The first-order chi connectivity index (χ1) is 45.2. The van der Waals surface area contributed by atoms with E-state index in [0.29, 0.717) is 105 Å². The smallest absolute Gasteiger partial charge is 0.255 e. The summed E-state index contributed by atoms with van der Waals surface area (Å²) < 4.78 is 32.4. The number of benzene rings is 4. The van der Waals surface area contributed by atoms with Crippen LogP contribution in [0.15, 0.2) is 78.9 Å². The third-order valence-electron chi connectivity index (χ3n) is 15.1. The highest BCUT2D eigenvalue weighted by Crippen LogP contribution is 2.25. The predicted molar refractivity (Wildman–Crippen MR) is 342 cm³/mol. The third-order valence-corrected chi connectivity index (χ3v) is 15.1. The number of carbonyl (C=O) groups excluding carboxylic acids is 8. The van der Waals surface area contributed by atoms with Crippen LogP contribution in [0.2, 0.25) is 0 Å². The number of fused-ring (bicyclic) bond motifs is 8. The van der Waals surface area contributed by atoms with Crippen molar-refractivity contribution in [2.45, 2.75) is 0 Å². The average molecular weight is 1300 g/mol. The molecule has 0 spiro atoms. The van der Waals surface area contributed by atoms with Crippen molar-refractivity contribution in [3.05, 3.63) is 123 Å². The Morgan fingerprint density at radius 1 is 0.301 bits per heavy atom. The molecule has 2 aliphatic heterocycles. The highest BCUT2D eigenvalue weighted by molar-refractivity contribution is 6.06. The summed E-state index contributed by atoms with van der Waals surface area (Å²) in [6.07, 6.45) is 0. The molecule has 8 bridgehead atoms. The molecule has 0 radical (unpaired) electrons. The van der Waals surface area contributed by atoms with E-state index in [2.05, 4.69) is 42.5 Å². The number of carbonyl (C=O) groups is 8. The summed E-state index contributed by atoms with van der Waals surface area (Å²) in [6, 6.07) is 19.1. The van der Waals surface area contributed by atoms with Crippen molar-refractivity contribution >= 4 is 47.3 Å². The lowest BCUT2D eigenvalue weighted by molar-refractivity contribution is 0.0196. The van der Waals surface area contributed by atoms with Crippen molar-refractivity contribution in [1.82, 2.24) is 62.1 Å². The van der Waals surface area contributed by atoms with E-state index in [4.69, 9.17) is 28.4 Å². The Kier molecular flexibility index (Phi) is 32.7. The van der Waals surface area contributed by atoms with Gasteiger partial charge in [0.2, 0.25) is 0 Å². The van der Waals surface area contributed by atoms with Gasteiger partial charge in [-0.2, -0.15) is 0 Å². The molecule has 0 aromatic heterocycles. The number of nitrogens with zero attached hydrogens (tertiary/aromatic N) is 4. The lowest BCUT2D eigenvalue weighted by atomic mass is 10.1. The quantitative estimate of drug-likeness (QED) is 0.0461. The Labute approximate surface area is 541 Å². The lowest BCUT2D eigenvalue weighted by Crippen LogP contribution is -2.46. The van der Waals surface area contributed by atoms with Crippen molar-refractivity contribution < 1.29 is 82.1 Å². The molecule has 0 fully saturated rings. The topological polar surface area (TPSA) is 362 Å². The van der Waals surface area contributed by atoms with Gasteiger partial charge in [0.05, 0.1) is 99.4 Å². The second-order valence-electron chi connectivity index (χ2n) is 21.5. The summed E-state index contributed by atoms with van der Waals surface area (Å²) in [6.45, 7) is 8.10. The van der Waals surface area contributed by atoms with E-state index in [1.54, 1.807) is 32.4 Å². The van der Waals surface area contributed by atoms with Gasteiger partial charge in [-0.05, 0) is 54.6 Å². The zero-order valence-corrected chi connectivity index (χ0v) is 53.1. The molecule has 8 amide bonds. The number of rotatable bonds is 21. The minimum Gasteiger partial charge on any atom is -0.506 e. The third kappa shape index (κ3) is 25.2. The molecule has 2 aliphatic rings. The van der Waals surface area contributed by atoms with Gasteiger partial charge < -0.3 is 86.3 Å². The largest absolute Gasteiger partial charge is 0.506 e. The van der Waals surface area contributed by atoms with Gasteiger partial charge in [-0.15, -0.1) is 0 Å². The zero-order valence-electron chi connectivity index (χ0n) is 53.1. The van der Waals surface area contributed by atoms with Crippen LogP contribution < -0.4 is 42.5 Å². The molecule has 0 saturated heterocycles. The van der Waals surface area contributed by atoms with Crippen LogP contribution in [-0.4, -0.2) is 293 Å². The zero-order chi connectivity index (χ0) is 66.6. The number of ether oxygens (including phenoxy) is 6. The van der Waals surface area contributed by atoms with Gasteiger partial charge >= 0.3 is 0 Å². The summed E-state index contributed by atoms with van der Waals surface area (Å²) in [7, 11) is 3.17. The van der Waals surface area contributed by atoms with Crippen LogP contribution in [0.1, 0.15) is 82.9 Å². The van der Waals surface area contributed by atoms with E-state index in [1.165, 1.54) is 60.7 Å². The van der Waals surface area contributed by atoms with Crippen molar-refractivity contribution in [1.29, 1.82) is 0 Å². The standard InChI is InChI=1S/C64H90N12O17/c1-88-37-39-92-43-41-90-35-33-75-27-16-66-58(81)47-8-3-7-46(45-47)57(80)65-15-23-73(24-17-67-59(82)48-9-4-12-51(54(48)77)62(85)70-20-28-75)31-32-74-25-18-68-60(83)49-10-5-13-52(55(49)78)63(86)71-21-29-76(34-36-91-42-44-93-40-38-89-2)30-22-72-64(87)53-14-6-11-50(56(53)79)61(84)69-19-26-74/h3-14,45,77-79H,15-44H2,1-2H3,(H,65,80)(H,66,81)(H,67,82)(H,68,83)(H,69,84)(H,70,85)(H,71,86)(H,72,87). The number of nitrogens with one attached hydrogen (secondary N) is 8. The van der Waals surface area contributed by atoms with Crippen LogP contribution in [0.25, 0.3) is 0 Å². The van der Waals surface area contributed by atoms with Gasteiger partial charge in [-0.25, -0.2) is 0 Å². The molecule has 508 valence electrons. The summed E-state index contributed by atoms with van der Waals surface area (Å²) in [5, 5.41) is 56.6. The summed E-state index contributed by atoms with van der Waals surface area (Å²) in [4.78, 5) is 117. The number of phenols is 3. The Bertz CT molecular complexity index is 2980. The molecular weight excluding hydrogens is 1210 g/mol. The van der Waals surface area contributed by atoms with Gasteiger partial charge in [0.1, 0.15) is 17.2 Å². The van der Waals surface area contributed by atoms with E-state index in [-0.39, 0.29) is 136 Å². The average Bonchev–Trinajstić information content (AvgIpc) is 1.87. The van der Waals surface area contributed by atoms with E-state index in [1.807, 2.05) is 19.6 Å². The Balaban J connectivity index is 1.16. The van der Waals surface area contributed by atoms with Crippen LogP contribution in [0.3, 0.4) is 0 Å². The van der Waals surface area contributed by atoms with E-state index >= 15 is 0 Å². The molecule has 4 aromatic carbocycles. The fraction of sp³-hybridized carbons (Fsp3) is 0.500. The number of phenolic OH excluding ortho intramolecular Hbond substituents is 3. The highest BCUT2D eigenvalue weighted by Gasteiger charge is 2.24. The van der Waals surface area contributed by atoms with Gasteiger partial charge in [-0.3, -0.25) is 58.0 Å². The van der Waals surface area contributed by atoms with Gasteiger partial charge in [-0.1, -0.05) is 24.3 Å². The summed E-state index contributed by atoms with van der Waals surface area (Å²) in [5.74, 6) is -6.27. The fourth-order valence-corrected chi connectivity index (χ4v) is 9.87. The molecule has 0 aliphatic carbocycles. The molecule has 0 saturated carbocycles. The monoisotopic (exact) mass is 1300 g/mol. The number of hydrogen-bond acceptors (Lipinski definition) is 21. The maximum Gasteiger partial charge on any atom is 0.255 e. The van der Waals surface area contributed by atoms with Crippen LogP contribution in [-0.2, 0) is 28.4 Å². The number of hydrogen-bond donors (Lipinski definition) is 11. The van der Waals surface area contributed by atoms with Crippen LogP contribution in [0.5, 0.6) is 17.2 Å². The number of methoxy groups -OCH3 is 2. The van der Waals surface area contributed by atoms with Gasteiger partial charge in [0.25, 0.3) is 47.3 Å². The number of aromatic hydroxyl groups is 3. The lowest BCUT2D eigenvalue weighted by Gasteiger charge is -2.28. The second kappa shape index (κ2) is 41.3. The molecule has 0 unspecified atom stereocenters. The normalized spacial score (nSPS) is 17.1. The minimum absolute atomic E-state index is 0.0196. The van der Waals surface area contributed by atoms with Crippen molar-refractivity contribution in [2.24, 2.45) is 0 Å². The van der Waals surface area contributed by atoms with Gasteiger partial charge in [0.15, 0.2) is 0 Å². The maximum atomic E-state index is 13.7. The Morgan fingerprint density at radius 3 is 0.774 bits per heavy atom. The molecule has 29 heteroatoms. The van der Waals surface area contributed by atoms with Crippen LogP contribution in [0, 0.1) is 0 Å². The van der Waals surface area contributed by atoms with E-state index in [0.717, 1.165) is 0 Å². The first-order valence-electron chi connectivity index (χ1n) is 31.2. The summed E-state index contributed by atoms with van der Waals surface area (Å²) >= 11 is 0. The summed E-state index contributed by atoms with van der Waals surface area (Å²) in [5.41, 5.74) is -0.299. The molecule has 0 atom stereocenters. The van der Waals surface area contributed by atoms with Crippen LogP contribution >= 0.6 is 0 Å². The van der Waals surface area contributed by atoms with Crippen molar-refractivity contribution in [2.75, 3.05) is 211 Å². The first-order valence-corrected chi connectivity index (χ1v) is 31.2. The molecule has 4 aromatic rings. The van der Waals surface area contributed by atoms with Gasteiger partial charge in [0, 0.05) is 156 Å². The predicted octanol–water partition coefficient (Wildman–Crippen LogP) is -0.663. The Morgan fingerprint density at radius 2 is 0.516 bits per heavy atom. The van der Waals surface area contributed by atoms with Crippen molar-refractivity contribution in [3.63, 3.8) is 0 Å². The Hall–Kier alpha value is -8.36. The second-order valence-corrected chi connectivity index (χ2v) is 21.5. The first kappa shape index (κ1) is 73.7. The number of amides is 8.